The monoisotopic (exact) mass is 298 g/mol. The molecule has 0 aromatic heterocycles. The summed E-state index contributed by atoms with van der Waals surface area (Å²) in [5, 5.41) is 3.80. The van der Waals surface area contributed by atoms with Crippen LogP contribution in [0.25, 0.3) is 0 Å². The first-order valence-corrected chi connectivity index (χ1v) is 9.06. The number of hydrogen-bond donors (Lipinski definition) is 1. The largest absolute Gasteiger partial charge is 0.486 e. The maximum Gasteiger partial charge on any atom is 0.138 e. The zero-order chi connectivity index (χ0) is 15.2. The fourth-order valence-corrected chi connectivity index (χ4v) is 5.19. The van der Waals surface area contributed by atoms with Gasteiger partial charge in [0.25, 0.3) is 0 Å². The first-order chi connectivity index (χ1) is 10.7. The van der Waals surface area contributed by atoms with Crippen molar-refractivity contribution in [1.82, 2.24) is 5.32 Å². The Hall–Kier alpha value is -1.02. The van der Waals surface area contributed by atoms with Crippen LogP contribution in [-0.4, -0.2) is 12.6 Å². The highest BCUT2D eigenvalue weighted by Crippen LogP contribution is 2.54. The molecule has 3 atom stereocenters. The molecule has 1 N–H and O–H groups in total. The molecule has 2 nitrogen and oxygen atoms in total. The van der Waals surface area contributed by atoms with Crippen LogP contribution in [0.5, 0.6) is 5.75 Å². The van der Waals surface area contributed by atoms with E-state index in [9.17, 15) is 0 Å². The Balaban J connectivity index is 1.72. The molecule has 119 valence electrons. The molecule has 4 rings (SSSR count). The van der Waals surface area contributed by atoms with E-state index in [1.54, 1.807) is 11.1 Å². The molecule has 1 saturated carbocycles. The molecule has 2 heteroatoms. The Morgan fingerprint density at radius 2 is 2.18 bits per heavy atom. The molecule has 1 aliphatic heterocycles. The van der Waals surface area contributed by atoms with E-state index < -0.39 is 0 Å². The van der Waals surface area contributed by atoms with Crippen LogP contribution >= 0.6 is 0 Å². The first-order valence-electron chi connectivity index (χ1n) is 9.06. The van der Waals surface area contributed by atoms with Gasteiger partial charge in [0.1, 0.15) is 12.4 Å². The molecule has 2 bridgehead atoms. The lowest BCUT2D eigenvalue weighted by atomic mass is 9.53. The number of piperidine rings is 1. The van der Waals surface area contributed by atoms with Crippen molar-refractivity contribution in [3.05, 3.63) is 35.9 Å². The van der Waals surface area contributed by atoms with Gasteiger partial charge in [-0.3, -0.25) is 0 Å². The van der Waals surface area contributed by atoms with Crippen LogP contribution in [0.1, 0.15) is 57.1 Å². The van der Waals surface area contributed by atoms with Crippen LogP contribution in [0.4, 0.5) is 0 Å². The molecule has 1 saturated heterocycles. The SMILES string of the molecule is CC(C)[CH]Oc1ccc2c(c1)[C@@]13CCCC[C@H]1[C@@H](C2)NCC3. The van der Waals surface area contributed by atoms with E-state index >= 15 is 0 Å². The number of benzene rings is 1. The maximum absolute atomic E-state index is 5.91. The van der Waals surface area contributed by atoms with Gasteiger partial charge in [-0.15, -0.1) is 0 Å². The van der Waals surface area contributed by atoms with Gasteiger partial charge >= 0.3 is 0 Å². The fourth-order valence-electron chi connectivity index (χ4n) is 5.19. The summed E-state index contributed by atoms with van der Waals surface area (Å²) >= 11 is 0. The van der Waals surface area contributed by atoms with Gasteiger partial charge in [0.2, 0.25) is 0 Å². The second kappa shape index (κ2) is 5.56. The van der Waals surface area contributed by atoms with Gasteiger partial charge in [0.05, 0.1) is 0 Å². The molecule has 0 amide bonds. The Labute approximate surface area is 134 Å². The second-order valence-electron chi connectivity index (χ2n) is 7.84. The van der Waals surface area contributed by atoms with E-state index in [-0.39, 0.29) is 0 Å². The third-order valence-corrected chi connectivity index (χ3v) is 6.09. The van der Waals surface area contributed by atoms with Crippen LogP contribution < -0.4 is 10.1 Å². The number of nitrogens with one attached hydrogen (secondary N) is 1. The van der Waals surface area contributed by atoms with Crippen molar-refractivity contribution >= 4 is 0 Å². The standard InChI is InChI=1S/C20H28NO/c1-14(2)13-22-16-7-6-15-11-19-17-5-3-4-8-20(17,9-10-21-19)18(15)12-16/h6-7,12-14,17,19,21H,3-5,8-11H2,1-2H3/t17-,19+,20+/m0/s1. The lowest BCUT2D eigenvalue weighted by Gasteiger charge is -2.56. The van der Waals surface area contributed by atoms with Gasteiger partial charge in [0.15, 0.2) is 0 Å². The minimum Gasteiger partial charge on any atom is -0.486 e. The second-order valence-corrected chi connectivity index (χ2v) is 7.84. The zero-order valence-corrected chi connectivity index (χ0v) is 13.9. The number of rotatable bonds is 3. The van der Waals surface area contributed by atoms with E-state index in [0.29, 0.717) is 17.4 Å². The van der Waals surface area contributed by atoms with E-state index in [0.717, 1.165) is 11.7 Å². The van der Waals surface area contributed by atoms with Gasteiger partial charge in [-0.1, -0.05) is 32.8 Å². The van der Waals surface area contributed by atoms with Crippen molar-refractivity contribution < 1.29 is 4.74 Å². The highest BCUT2D eigenvalue weighted by Gasteiger charge is 2.51. The fraction of sp³-hybridized carbons (Fsp3) is 0.650. The molecule has 1 aromatic carbocycles. The lowest BCUT2D eigenvalue weighted by molar-refractivity contribution is 0.0795. The maximum atomic E-state index is 5.91. The predicted molar refractivity (Wildman–Crippen MR) is 90.0 cm³/mol. The molecule has 0 unspecified atom stereocenters. The molecule has 0 spiro atoms. The lowest BCUT2D eigenvalue weighted by Crippen LogP contribution is -2.59. The summed E-state index contributed by atoms with van der Waals surface area (Å²) in [5.41, 5.74) is 3.61. The topological polar surface area (TPSA) is 21.3 Å². The Kier molecular flexibility index (Phi) is 3.68. The summed E-state index contributed by atoms with van der Waals surface area (Å²) in [6, 6.07) is 7.56. The number of ether oxygens (including phenoxy) is 1. The van der Waals surface area contributed by atoms with Crippen LogP contribution in [0, 0.1) is 18.4 Å². The molecule has 1 aromatic rings. The van der Waals surface area contributed by atoms with Gasteiger partial charge in [-0.2, -0.15) is 0 Å². The summed E-state index contributed by atoms with van der Waals surface area (Å²) in [6.45, 7) is 7.45. The van der Waals surface area contributed by atoms with Crippen LogP contribution in [-0.2, 0) is 11.8 Å². The molecule has 1 heterocycles. The van der Waals surface area contributed by atoms with Crippen molar-refractivity contribution in [3.8, 4) is 5.75 Å². The third kappa shape index (κ3) is 2.27. The van der Waals surface area contributed by atoms with E-state index in [1.807, 2.05) is 6.61 Å². The number of hydrogen-bond acceptors (Lipinski definition) is 2. The number of fused-ring (bicyclic) bond motifs is 1. The van der Waals surface area contributed by atoms with E-state index in [4.69, 9.17) is 4.74 Å². The smallest absolute Gasteiger partial charge is 0.138 e. The minimum atomic E-state index is 0.430. The van der Waals surface area contributed by atoms with Gasteiger partial charge in [-0.25, -0.2) is 0 Å². The van der Waals surface area contributed by atoms with Crippen LogP contribution in [0.3, 0.4) is 0 Å². The highest BCUT2D eigenvalue weighted by atomic mass is 16.5. The Morgan fingerprint density at radius 1 is 1.27 bits per heavy atom. The van der Waals surface area contributed by atoms with Gasteiger partial charge in [0, 0.05) is 11.5 Å². The summed E-state index contributed by atoms with van der Waals surface area (Å²) in [6.07, 6.45) is 8.10. The van der Waals surface area contributed by atoms with Crippen molar-refractivity contribution in [2.24, 2.45) is 11.8 Å². The van der Waals surface area contributed by atoms with Crippen molar-refractivity contribution in [2.75, 3.05) is 6.54 Å². The van der Waals surface area contributed by atoms with Gasteiger partial charge in [-0.05, 0) is 67.3 Å². The van der Waals surface area contributed by atoms with Crippen molar-refractivity contribution in [2.45, 2.75) is 63.8 Å². The summed E-state index contributed by atoms with van der Waals surface area (Å²) < 4.78 is 5.91. The predicted octanol–water partition coefficient (Wildman–Crippen LogP) is 4.23. The third-order valence-electron chi connectivity index (χ3n) is 6.09. The van der Waals surface area contributed by atoms with Crippen molar-refractivity contribution in [1.29, 1.82) is 0 Å². The molecular weight excluding hydrogens is 270 g/mol. The average molecular weight is 298 g/mol. The Bertz CT molecular complexity index is 549. The van der Waals surface area contributed by atoms with E-state index in [2.05, 4.69) is 37.4 Å². The highest BCUT2D eigenvalue weighted by molar-refractivity contribution is 5.45. The van der Waals surface area contributed by atoms with E-state index in [1.165, 1.54) is 45.1 Å². The molecule has 2 aliphatic carbocycles. The minimum absolute atomic E-state index is 0.430. The summed E-state index contributed by atoms with van der Waals surface area (Å²) in [5.74, 6) is 2.33. The average Bonchev–Trinajstić information content (AvgIpc) is 2.53. The molecular formula is C20H28NO. The van der Waals surface area contributed by atoms with Crippen LogP contribution in [0.15, 0.2) is 18.2 Å². The Morgan fingerprint density at radius 3 is 3.05 bits per heavy atom. The normalized spacial score (nSPS) is 33.2. The summed E-state index contributed by atoms with van der Waals surface area (Å²) in [7, 11) is 0. The molecule has 2 fully saturated rings. The molecule has 3 aliphatic rings. The molecule has 22 heavy (non-hydrogen) atoms. The quantitative estimate of drug-likeness (QED) is 0.901. The van der Waals surface area contributed by atoms with Gasteiger partial charge < -0.3 is 10.1 Å². The zero-order valence-electron chi connectivity index (χ0n) is 13.9. The van der Waals surface area contributed by atoms with Crippen LogP contribution in [0.2, 0.25) is 0 Å². The first kappa shape index (κ1) is 14.6. The van der Waals surface area contributed by atoms with Crippen molar-refractivity contribution in [3.63, 3.8) is 0 Å². The summed E-state index contributed by atoms with van der Waals surface area (Å²) in [4.78, 5) is 0. The molecule has 1 radical (unpaired) electrons.